The molecular weight excluding hydrogens is 525 g/mol. The molecular formula is C18H20N6O6S4. The molecule has 2 amide bonds. The summed E-state index contributed by atoms with van der Waals surface area (Å²) in [5, 5.41) is 25.2. The number of amides is 2. The summed E-state index contributed by atoms with van der Waals surface area (Å²) in [4.78, 5) is 39.8. The van der Waals surface area contributed by atoms with E-state index in [9.17, 15) is 24.0 Å². The van der Waals surface area contributed by atoms with Crippen LogP contribution in [0.1, 0.15) is 4.88 Å². The molecule has 1 unspecified atom stereocenters. The molecule has 3 atom stereocenters. The predicted octanol–water partition coefficient (Wildman–Crippen LogP) is 0.0253. The number of aliphatic carboxylic acids is 1. The lowest BCUT2D eigenvalue weighted by molar-refractivity contribution is -0.192. The predicted molar refractivity (Wildman–Crippen MR) is 126 cm³/mol. The van der Waals surface area contributed by atoms with Crippen LogP contribution in [0.4, 0.5) is 0 Å². The number of nitrogens with one attached hydrogen (secondary N) is 1. The van der Waals surface area contributed by atoms with Crippen LogP contribution in [-0.4, -0.2) is 88.0 Å². The highest BCUT2D eigenvalue weighted by Crippen LogP contribution is 2.47. The van der Waals surface area contributed by atoms with Crippen LogP contribution in [0.25, 0.3) is 0 Å². The number of fused-ring (bicyclic) bond motifs is 1. The topological polar surface area (TPSA) is 163 Å². The Kier molecular flexibility index (Phi) is 7.54. The molecule has 2 N–H and O–H groups in total. The van der Waals surface area contributed by atoms with Crippen molar-refractivity contribution in [2.75, 3.05) is 24.4 Å². The van der Waals surface area contributed by atoms with Crippen molar-refractivity contribution in [1.82, 2.24) is 30.4 Å². The molecule has 12 nitrogen and oxygen atoms in total. The highest BCUT2D eigenvalue weighted by atomic mass is 32.2. The van der Waals surface area contributed by atoms with Gasteiger partial charge in [0.25, 0.3) is 17.5 Å². The van der Waals surface area contributed by atoms with E-state index < -0.39 is 40.1 Å². The number of thiophene rings is 1. The molecule has 0 radical (unpaired) electrons. The molecule has 1 fully saturated rings. The molecule has 1 saturated heterocycles. The zero-order valence-electron chi connectivity index (χ0n) is 18.0. The quantitative estimate of drug-likeness (QED) is 0.179. The number of carbonyl (C=O) groups is 3. The van der Waals surface area contributed by atoms with Crippen LogP contribution in [-0.2, 0) is 43.1 Å². The van der Waals surface area contributed by atoms with Crippen molar-refractivity contribution in [2.45, 2.75) is 22.0 Å². The number of thioether (sulfide) groups is 2. The van der Waals surface area contributed by atoms with Gasteiger partial charge in [-0.25, -0.2) is 9.48 Å². The molecule has 4 rings (SSSR count). The molecule has 0 bridgehead atoms. The van der Waals surface area contributed by atoms with Gasteiger partial charge in [0.1, 0.15) is 16.8 Å². The summed E-state index contributed by atoms with van der Waals surface area (Å²) in [6.45, 7) is 0. The number of carbonyl (C=O) groups excluding carboxylic acids is 2. The Morgan fingerprint density at radius 1 is 1.50 bits per heavy atom. The molecule has 34 heavy (non-hydrogen) atoms. The summed E-state index contributed by atoms with van der Waals surface area (Å²) in [7, 11) is 2.94. The van der Waals surface area contributed by atoms with Gasteiger partial charge in [0.15, 0.2) is 5.75 Å². The van der Waals surface area contributed by atoms with Gasteiger partial charge in [-0.15, -0.1) is 28.2 Å². The number of methoxy groups -OCH3 is 1. The normalized spacial score (nSPS) is 22.9. The first-order chi connectivity index (χ1) is 16.3. The average molecular weight is 545 g/mol. The van der Waals surface area contributed by atoms with Gasteiger partial charge in [-0.2, -0.15) is 0 Å². The van der Waals surface area contributed by atoms with Crippen LogP contribution in [0.2, 0.25) is 0 Å². The number of tetrazole rings is 1. The molecule has 2 aromatic heterocycles. The molecule has 2 aromatic rings. The molecule has 182 valence electrons. The summed E-state index contributed by atoms with van der Waals surface area (Å²) in [6, 6.07) is 3.67. The summed E-state index contributed by atoms with van der Waals surface area (Å²) in [5.41, 5.74) is -1.33. The molecule has 0 spiro atoms. The fraction of sp³-hybridized carbons (Fsp3) is 0.444. The van der Waals surface area contributed by atoms with E-state index in [4.69, 9.17) is 4.74 Å². The second-order valence-electron chi connectivity index (χ2n) is 7.27. The molecule has 2 aliphatic rings. The van der Waals surface area contributed by atoms with Gasteiger partial charge in [0.05, 0.1) is 4.88 Å². The van der Waals surface area contributed by atoms with Crippen molar-refractivity contribution < 1.29 is 28.8 Å². The number of aryl methyl sites for hydroxylation is 1. The maximum absolute atomic E-state index is 13.1. The molecule has 2 aliphatic heterocycles. The van der Waals surface area contributed by atoms with Gasteiger partial charge in [0.2, 0.25) is 5.16 Å². The van der Waals surface area contributed by atoms with Crippen molar-refractivity contribution in [3.8, 4) is 0 Å². The first-order valence-corrected chi connectivity index (χ1v) is 14.2. The van der Waals surface area contributed by atoms with Crippen molar-refractivity contribution in [2.24, 2.45) is 7.05 Å². The zero-order valence-corrected chi connectivity index (χ0v) is 21.3. The zero-order chi connectivity index (χ0) is 24.5. The van der Waals surface area contributed by atoms with Gasteiger partial charge < -0.3 is 19.7 Å². The second kappa shape index (κ2) is 10.2. The number of hydrogen-bond donors (Lipinski definition) is 2. The smallest absolute Gasteiger partial charge is 0.352 e. The number of β-lactam (4-membered cyclic amide) rings is 1. The van der Waals surface area contributed by atoms with Crippen molar-refractivity contribution in [1.29, 1.82) is 0 Å². The van der Waals surface area contributed by atoms with Gasteiger partial charge in [0, 0.05) is 25.7 Å². The molecule has 0 aromatic carbocycles. The monoisotopic (exact) mass is 544 g/mol. The number of nitrogens with zero attached hydrogens (tertiary/aromatic N) is 5. The lowest BCUT2D eigenvalue weighted by Crippen LogP contribution is -2.81. The fourth-order valence-electron chi connectivity index (χ4n) is 3.54. The van der Waals surface area contributed by atoms with Crippen LogP contribution in [0, 0.1) is 0 Å². The number of carboxylic acids is 1. The van der Waals surface area contributed by atoms with Crippen LogP contribution in [0.3, 0.4) is 0 Å². The first-order valence-electron chi connectivity index (χ1n) is 9.76. The summed E-state index contributed by atoms with van der Waals surface area (Å²) < 4.78 is 19.2. The van der Waals surface area contributed by atoms with Crippen molar-refractivity contribution in [3.05, 3.63) is 33.7 Å². The fourth-order valence-corrected chi connectivity index (χ4v) is 8.01. The Bertz CT molecular complexity index is 1120. The van der Waals surface area contributed by atoms with Gasteiger partial charge in [-0.1, -0.05) is 17.8 Å². The van der Waals surface area contributed by atoms with E-state index in [0.717, 1.165) is 9.78 Å². The molecule has 0 aliphatic carbocycles. The maximum Gasteiger partial charge on any atom is 0.352 e. The Hall–Kier alpha value is -2.11. The van der Waals surface area contributed by atoms with E-state index in [1.54, 1.807) is 7.05 Å². The third-order valence-electron chi connectivity index (χ3n) is 5.09. The van der Waals surface area contributed by atoms with Crippen LogP contribution in [0.15, 0.2) is 33.9 Å². The Balaban J connectivity index is 1.46. The van der Waals surface area contributed by atoms with Gasteiger partial charge in [-0.05, 0) is 38.6 Å². The minimum Gasteiger partial charge on any atom is -0.616 e. The Morgan fingerprint density at radius 3 is 2.91 bits per heavy atom. The standard InChI is InChI=1S/C18H20N6O6S4/c1-23-17(20-21-22-23)33-7-10-6-32-16-18(30-2,15(28)24(16)13(10)14(26)27)19-12(25)9-34(29)8-11-4-3-5-31-11/h3-5,16H,6-9H2,1-2H3,(H,19,25)(H,26,27)/t16-,18+,34?/m1/s1. The lowest BCUT2D eigenvalue weighted by Gasteiger charge is -2.55. The van der Waals surface area contributed by atoms with Crippen molar-refractivity contribution in [3.63, 3.8) is 0 Å². The highest BCUT2D eigenvalue weighted by Gasteiger charge is 2.66. The third-order valence-corrected chi connectivity index (χ3v) is 9.84. The number of ether oxygens (including phenoxy) is 1. The SMILES string of the molecule is CO[C@@]1(NC(=O)C[S+]([O-])Cc2cccs2)C(=O)N2C(C(=O)O)=C(CSc3nnnn3C)CS[C@@H]21. The highest BCUT2D eigenvalue weighted by molar-refractivity contribution is 8.01. The third kappa shape index (κ3) is 4.70. The van der Waals surface area contributed by atoms with Gasteiger partial charge in [-0.3, -0.25) is 14.5 Å². The van der Waals surface area contributed by atoms with Gasteiger partial charge >= 0.3 is 5.97 Å². The number of carboxylic acid groups (broad SMARTS) is 1. The van der Waals surface area contributed by atoms with Crippen LogP contribution in [0.5, 0.6) is 0 Å². The largest absolute Gasteiger partial charge is 0.616 e. The minimum absolute atomic E-state index is 0.139. The van der Waals surface area contributed by atoms with Crippen LogP contribution >= 0.6 is 34.9 Å². The number of rotatable bonds is 10. The lowest BCUT2D eigenvalue weighted by atomic mass is 9.98. The van der Waals surface area contributed by atoms with E-state index >= 15 is 0 Å². The Labute approximate surface area is 209 Å². The first kappa shape index (κ1) is 25.0. The molecule has 16 heteroatoms. The second-order valence-corrected chi connectivity index (χ2v) is 11.8. The Morgan fingerprint density at radius 2 is 2.29 bits per heavy atom. The minimum atomic E-state index is -1.72. The van der Waals surface area contributed by atoms with E-state index in [2.05, 4.69) is 20.8 Å². The molecule has 4 heterocycles. The van der Waals surface area contributed by atoms with E-state index in [-0.39, 0.29) is 23.0 Å². The summed E-state index contributed by atoms with van der Waals surface area (Å²) in [5.74, 6) is -2.04. The maximum atomic E-state index is 13.1. The van der Waals surface area contributed by atoms with E-state index in [1.165, 1.54) is 46.7 Å². The van der Waals surface area contributed by atoms with Crippen LogP contribution < -0.4 is 5.32 Å². The number of aromatic nitrogens is 4. The van der Waals surface area contributed by atoms with Crippen molar-refractivity contribution >= 4 is 63.8 Å². The summed E-state index contributed by atoms with van der Waals surface area (Å²) in [6.07, 6.45) is 0. The van der Waals surface area contributed by atoms with E-state index in [0.29, 0.717) is 16.5 Å². The summed E-state index contributed by atoms with van der Waals surface area (Å²) >= 11 is 2.51. The van der Waals surface area contributed by atoms with E-state index in [1.807, 2.05) is 17.5 Å². The average Bonchev–Trinajstić information content (AvgIpc) is 3.46. The molecule has 0 saturated carbocycles. The number of hydrogen-bond acceptors (Lipinski definition) is 11.